The van der Waals surface area contributed by atoms with Gasteiger partial charge in [-0.05, 0) is 56.9 Å². The Morgan fingerprint density at radius 1 is 1.13 bits per heavy atom. The van der Waals surface area contributed by atoms with Gasteiger partial charge in [-0.3, -0.25) is 14.4 Å². The Morgan fingerprint density at radius 2 is 1.85 bits per heavy atom. The van der Waals surface area contributed by atoms with Crippen LogP contribution in [0.15, 0.2) is 48.5 Å². The number of anilines is 1. The molecular weight excluding hydrogens is 603 g/mol. The van der Waals surface area contributed by atoms with Crippen LogP contribution in [0.2, 0.25) is 0 Å². The van der Waals surface area contributed by atoms with E-state index in [0.29, 0.717) is 30.9 Å². The molecule has 0 bridgehead atoms. The lowest BCUT2D eigenvalue weighted by Gasteiger charge is -2.36. The standard InChI is InChI=1S/C34H46F3N3O6/c1-23-20-40(24(2)22-41)33(44)28-19-27(38-31(42)18-26-11-6-5-7-12-26)13-14-29(28)46-25(3)10-8-9-17-45-30(23)21-39(4)32(43)15-16-34(35,36)37/h5-7,11-14,19,23-25,30,41H,8-10,15-18,20-22H2,1-4H3,(H,38,42)/t23-,24+,25-,30+/m1/s1. The van der Waals surface area contributed by atoms with Crippen LogP contribution >= 0.6 is 0 Å². The molecule has 2 aromatic carbocycles. The number of hydrogen-bond acceptors (Lipinski definition) is 6. The van der Waals surface area contributed by atoms with Gasteiger partial charge in [0.1, 0.15) is 5.75 Å². The molecule has 0 unspecified atom stereocenters. The number of likely N-dealkylation sites (N-methyl/N-ethyl adjacent to an activating group) is 1. The van der Waals surface area contributed by atoms with Crippen molar-refractivity contribution in [1.82, 2.24) is 9.80 Å². The first kappa shape index (κ1) is 36.8. The third kappa shape index (κ3) is 11.6. The Morgan fingerprint density at radius 3 is 2.52 bits per heavy atom. The minimum absolute atomic E-state index is 0.0427. The fourth-order valence-electron chi connectivity index (χ4n) is 5.26. The summed E-state index contributed by atoms with van der Waals surface area (Å²) < 4.78 is 50.6. The molecular formula is C34H46F3N3O6. The second kappa shape index (κ2) is 17.3. The fourth-order valence-corrected chi connectivity index (χ4v) is 5.26. The van der Waals surface area contributed by atoms with Crippen LogP contribution in [0, 0.1) is 5.92 Å². The van der Waals surface area contributed by atoms with E-state index in [1.807, 2.05) is 44.2 Å². The average Bonchev–Trinajstić information content (AvgIpc) is 3.01. The minimum Gasteiger partial charge on any atom is -0.490 e. The van der Waals surface area contributed by atoms with Gasteiger partial charge in [-0.1, -0.05) is 37.3 Å². The maximum Gasteiger partial charge on any atom is 0.389 e. The topological polar surface area (TPSA) is 108 Å². The van der Waals surface area contributed by atoms with Crippen LogP contribution < -0.4 is 10.1 Å². The summed E-state index contributed by atoms with van der Waals surface area (Å²) >= 11 is 0. The number of amides is 3. The number of aliphatic hydroxyl groups is 1. The van der Waals surface area contributed by atoms with Crippen molar-refractivity contribution in [1.29, 1.82) is 0 Å². The number of benzene rings is 2. The van der Waals surface area contributed by atoms with E-state index < -0.39 is 43.0 Å². The van der Waals surface area contributed by atoms with Gasteiger partial charge in [0.2, 0.25) is 11.8 Å². The summed E-state index contributed by atoms with van der Waals surface area (Å²) in [5, 5.41) is 13.0. The molecule has 1 aliphatic rings. The first-order chi connectivity index (χ1) is 21.8. The molecule has 3 amide bonds. The summed E-state index contributed by atoms with van der Waals surface area (Å²) in [6.45, 7) is 5.63. The van der Waals surface area contributed by atoms with E-state index in [1.54, 1.807) is 25.1 Å². The molecule has 0 fully saturated rings. The van der Waals surface area contributed by atoms with Gasteiger partial charge >= 0.3 is 6.18 Å². The van der Waals surface area contributed by atoms with Gasteiger partial charge in [0.15, 0.2) is 0 Å². The summed E-state index contributed by atoms with van der Waals surface area (Å²) in [6.07, 6.45) is -4.87. The highest BCUT2D eigenvalue weighted by Gasteiger charge is 2.32. The first-order valence-electron chi connectivity index (χ1n) is 15.8. The summed E-state index contributed by atoms with van der Waals surface area (Å²) in [6, 6.07) is 13.6. The summed E-state index contributed by atoms with van der Waals surface area (Å²) in [4.78, 5) is 42.3. The van der Waals surface area contributed by atoms with Crippen LogP contribution in [0.3, 0.4) is 0 Å². The molecule has 2 N–H and O–H groups in total. The lowest BCUT2D eigenvalue weighted by molar-refractivity contribution is -0.149. The van der Waals surface area contributed by atoms with Crippen molar-refractivity contribution in [3.05, 3.63) is 59.7 Å². The largest absolute Gasteiger partial charge is 0.490 e. The highest BCUT2D eigenvalue weighted by molar-refractivity contribution is 6.00. The third-order valence-electron chi connectivity index (χ3n) is 8.04. The lowest BCUT2D eigenvalue weighted by atomic mass is 10.0. The lowest BCUT2D eigenvalue weighted by Crippen LogP contribution is -2.48. The predicted octanol–water partition coefficient (Wildman–Crippen LogP) is 5.46. The van der Waals surface area contributed by atoms with E-state index in [2.05, 4.69) is 5.32 Å². The molecule has 1 heterocycles. The van der Waals surface area contributed by atoms with Gasteiger partial charge in [-0.15, -0.1) is 0 Å². The average molecular weight is 650 g/mol. The molecule has 9 nitrogen and oxygen atoms in total. The third-order valence-corrected chi connectivity index (χ3v) is 8.04. The van der Waals surface area contributed by atoms with Crippen LogP contribution in [-0.2, 0) is 20.7 Å². The maximum atomic E-state index is 14.2. The maximum absolute atomic E-state index is 14.2. The molecule has 0 radical (unpaired) electrons. The zero-order chi connectivity index (χ0) is 33.9. The van der Waals surface area contributed by atoms with Crippen LogP contribution in [0.1, 0.15) is 68.8 Å². The number of carbonyl (C=O) groups excluding carboxylic acids is 3. The number of fused-ring (bicyclic) bond motifs is 1. The van der Waals surface area contributed by atoms with Gasteiger partial charge in [0.05, 0.1) is 43.3 Å². The summed E-state index contributed by atoms with van der Waals surface area (Å²) in [5.41, 5.74) is 1.47. The molecule has 2 aromatic rings. The minimum atomic E-state index is -4.44. The molecule has 0 saturated carbocycles. The van der Waals surface area contributed by atoms with E-state index in [-0.39, 0.29) is 49.6 Å². The highest BCUT2D eigenvalue weighted by atomic mass is 19.4. The van der Waals surface area contributed by atoms with Crippen molar-refractivity contribution < 1.29 is 42.1 Å². The number of nitrogens with zero attached hydrogens (tertiary/aromatic N) is 2. The molecule has 0 spiro atoms. The number of rotatable bonds is 9. The van der Waals surface area contributed by atoms with Gasteiger partial charge < -0.3 is 29.7 Å². The Hall–Kier alpha value is -3.64. The second-order valence-electron chi connectivity index (χ2n) is 12.1. The number of halogens is 3. The van der Waals surface area contributed by atoms with Crippen molar-refractivity contribution >= 4 is 23.4 Å². The van der Waals surface area contributed by atoms with E-state index in [9.17, 15) is 32.7 Å². The zero-order valence-corrected chi connectivity index (χ0v) is 27.0. The summed E-state index contributed by atoms with van der Waals surface area (Å²) in [5.74, 6) is -1.35. The second-order valence-corrected chi connectivity index (χ2v) is 12.1. The Kier molecular flexibility index (Phi) is 13.9. The van der Waals surface area contributed by atoms with Crippen molar-refractivity contribution in [3.8, 4) is 5.75 Å². The predicted molar refractivity (Wildman–Crippen MR) is 169 cm³/mol. The number of aliphatic hydroxyl groups excluding tert-OH is 1. The van der Waals surface area contributed by atoms with Crippen LogP contribution in [0.4, 0.5) is 18.9 Å². The van der Waals surface area contributed by atoms with Crippen LogP contribution in [-0.4, -0.2) is 90.4 Å². The fraction of sp³-hybridized carbons (Fsp3) is 0.559. The van der Waals surface area contributed by atoms with Crippen LogP contribution in [0.25, 0.3) is 0 Å². The van der Waals surface area contributed by atoms with Crippen LogP contribution in [0.5, 0.6) is 5.75 Å². The number of nitrogens with one attached hydrogen (secondary N) is 1. The van der Waals surface area contributed by atoms with Gasteiger partial charge in [-0.2, -0.15) is 13.2 Å². The number of ether oxygens (including phenoxy) is 2. The van der Waals surface area contributed by atoms with Gasteiger partial charge in [0.25, 0.3) is 5.91 Å². The SMILES string of the molecule is C[C@@H]1CCCCO[C@@H](CN(C)C(=O)CCC(F)(F)F)[C@H](C)CN([C@@H](C)CO)C(=O)c2cc(NC(=O)Cc3ccccc3)ccc2O1. The molecule has 0 aromatic heterocycles. The molecule has 0 aliphatic carbocycles. The zero-order valence-electron chi connectivity index (χ0n) is 27.0. The molecule has 46 heavy (non-hydrogen) atoms. The Bertz CT molecular complexity index is 1290. The number of alkyl halides is 3. The number of hydrogen-bond donors (Lipinski definition) is 2. The monoisotopic (exact) mass is 649 g/mol. The van der Waals surface area contributed by atoms with Crippen molar-refractivity contribution in [3.63, 3.8) is 0 Å². The first-order valence-corrected chi connectivity index (χ1v) is 15.8. The van der Waals surface area contributed by atoms with Crippen molar-refractivity contribution in [2.75, 3.05) is 38.7 Å². The molecule has 4 atom stereocenters. The van der Waals surface area contributed by atoms with Crippen molar-refractivity contribution in [2.45, 2.75) is 83.7 Å². The van der Waals surface area contributed by atoms with E-state index >= 15 is 0 Å². The summed E-state index contributed by atoms with van der Waals surface area (Å²) in [7, 11) is 1.45. The highest BCUT2D eigenvalue weighted by Crippen LogP contribution is 2.29. The molecule has 1 aliphatic heterocycles. The quantitative estimate of drug-likeness (QED) is 0.374. The Balaban J connectivity index is 1.89. The van der Waals surface area contributed by atoms with Gasteiger partial charge in [0, 0.05) is 44.8 Å². The van der Waals surface area contributed by atoms with E-state index in [4.69, 9.17) is 9.47 Å². The van der Waals surface area contributed by atoms with E-state index in [1.165, 1.54) is 16.8 Å². The molecule has 12 heteroatoms. The smallest absolute Gasteiger partial charge is 0.389 e. The number of carbonyl (C=O) groups is 3. The van der Waals surface area contributed by atoms with E-state index in [0.717, 1.165) is 12.0 Å². The van der Waals surface area contributed by atoms with Gasteiger partial charge in [-0.25, -0.2) is 0 Å². The van der Waals surface area contributed by atoms with Crippen molar-refractivity contribution in [2.24, 2.45) is 5.92 Å². The Labute approximate surface area is 269 Å². The molecule has 0 saturated heterocycles. The molecule has 3 rings (SSSR count). The normalized spacial score (nSPS) is 20.6. The molecule has 254 valence electrons.